The van der Waals surface area contributed by atoms with Crippen molar-refractivity contribution in [2.45, 2.75) is 26.8 Å². The van der Waals surface area contributed by atoms with Gasteiger partial charge in [-0.15, -0.1) is 24.0 Å². The van der Waals surface area contributed by atoms with Crippen molar-refractivity contribution in [1.82, 2.24) is 10.6 Å². The number of rotatable bonds is 10. The Morgan fingerprint density at radius 1 is 1.25 bits per heavy atom. The van der Waals surface area contributed by atoms with E-state index in [2.05, 4.69) is 15.6 Å². The molecule has 0 aliphatic heterocycles. The molecule has 0 bridgehead atoms. The van der Waals surface area contributed by atoms with Gasteiger partial charge in [0.1, 0.15) is 12.4 Å². The minimum atomic E-state index is -2.48. The number of aliphatic imine (C=N–C) groups is 1. The van der Waals surface area contributed by atoms with Crippen molar-refractivity contribution in [2.75, 3.05) is 32.9 Å². The quantitative estimate of drug-likeness (QED) is 0.246. The van der Waals surface area contributed by atoms with Crippen molar-refractivity contribution in [2.24, 2.45) is 4.99 Å². The summed E-state index contributed by atoms with van der Waals surface area (Å²) in [4.78, 5) is 4.45. The fourth-order valence-corrected chi connectivity index (χ4v) is 1.79. The lowest BCUT2D eigenvalue weighted by molar-refractivity contribution is 0.0818. The minimum absolute atomic E-state index is 0. The summed E-state index contributed by atoms with van der Waals surface area (Å²) >= 11 is 0. The maximum absolute atomic E-state index is 12.2. The predicted octanol–water partition coefficient (Wildman–Crippen LogP) is 3.04. The van der Waals surface area contributed by atoms with Crippen LogP contribution >= 0.6 is 24.0 Å². The molecular weight excluding hydrogens is 431 g/mol. The highest BCUT2D eigenvalue weighted by Crippen LogP contribution is 2.14. The molecule has 0 saturated heterocycles. The molecule has 8 heteroatoms. The summed E-state index contributed by atoms with van der Waals surface area (Å²) in [5.41, 5.74) is 0.888. The first-order valence-corrected chi connectivity index (χ1v) is 7.75. The van der Waals surface area contributed by atoms with Crippen LogP contribution in [0.2, 0.25) is 0 Å². The monoisotopic (exact) mass is 457 g/mol. The molecule has 0 heterocycles. The highest BCUT2D eigenvalue weighted by atomic mass is 127. The molecule has 0 spiro atoms. The third-order valence-electron chi connectivity index (χ3n) is 2.78. The Hall–Kier alpha value is -1.16. The van der Waals surface area contributed by atoms with Crippen molar-refractivity contribution >= 4 is 29.9 Å². The Balaban J connectivity index is 0.00000529. The second-order valence-electron chi connectivity index (χ2n) is 4.67. The fourth-order valence-electron chi connectivity index (χ4n) is 1.79. The van der Waals surface area contributed by atoms with E-state index in [0.29, 0.717) is 38.0 Å². The number of guanidine groups is 1. The molecule has 0 aliphatic carbocycles. The molecule has 0 atom stereocenters. The first-order valence-electron chi connectivity index (χ1n) is 7.75. The van der Waals surface area contributed by atoms with E-state index >= 15 is 0 Å². The largest absolute Gasteiger partial charge is 0.488 e. The van der Waals surface area contributed by atoms with E-state index in [4.69, 9.17) is 9.47 Å². The predicted molar refractivity (Wildman–Crippen MR) is 103 cm³/mol. The second-order valence-corrected chi connectivity index (χ2v) is 4.67. The summed E-state index contributed by atoms with van der Waals surface area (Å²) in [5.74, 6) is 1.11. The van der Waals surface area contributed by atoms with E-state index in [1.54, 1.807) is 18.2 Å². The van der Waals surface area contributed by atoms with Crippen LogP contribution in [0.15, 0.2) is 29.3 Å². The summed E-state index contributed by atoms with van der Waals surface area (Å²) in [6.07, 6.45) is -2.48. The van der Waals surface area contributed by atoms with Gasteiger partial charge < -0.3 is 20.1 Å². The van der Waals surface area contributed by atoms with Crippen LogP contribution in [0.1, 0.15) is 19.4 Å². The van der Waals surface area contributed by atoms with Crippen LogP contribution < -0.4 is 15.4 Å². The van der Waals surface area contributed by atoms with E-state index in [-0.39, 0.29) is 24.0 Å². The van der Waals surface area contributed by atoms with Crippen LogP contribution in [0.4, 0.5) is 8.78 Å². The molecule has 0 radical (unpaired) electrons. The van der Waals surface area contributed by atoms with Gasteiger partial charge in [-0.1, -0.05) is 12.1 Å². The molecule has 2 N–H and O–H groups in total. The third-order valence-corrected chi connectivity index (χ3v) is 2.78. The van der Waals surface area contributed by atoms with Gasteiger partial charge in [0, 0.05) is 19.7 Å². The van der Waals surface area contributed by atoms with E-state index in [1.807, 2.05) is 19.9 Å². The highest BCUT2D eigenvalue weighted by Gasteiger charge is 2.04. The normalized spacial score (nSPS) is 11.1. The molecule has 5 nitrogen and oxygen atoms in total. The number of alkyl halides is 2. The summed E-state index contributed by atoms with van der Waals surface area (Å²) < 4.78 is 34.6. The SMILES string of the molecule is CCNC(=NCc1cccc(OCC(F)F)c1)NCCOCC.I. The molecule has 138 valence electrons. The van der Waals surface area contributed by atoms with Gasteiger partial charge in [-0.2, -0.15) is 0 Å². The average molecular weight is 457 g/mol. The zero-order valence-corrected chi connectivity index (χ0v) is 16.4. The molecule has 0 aromatic heterocycles. The first-order chi connectivity index (χ1) is 11.2. The molecule has 0 unspecified atom stereocenters. The summed E-state index contributed by atoms with van der Waals surface area (Å²) in [6, 6.07) is 7.01. The second kappa shape index (κ2) is 14.2. The first kappa shape index (κ1) is 22.8. The topological polar surface area (TPSA) is 54.9 Å². The summed E-state index contributed by atoms with van der Waals surface area (Å²) in [5, 5.41) is 6.30. The number of hydrogen-bond acceptors (Lipinski definition) is 3. The van der Waals surface area contributed by atoms with Crippen LogP contribution in [0, 0.1) is 0 Å². The standard InChI is InChI=1S/C16H25F2N3O2.HI/c1-3-19-16(20-8-9-22-4-2)21-11-13-6-5-7-14(10-13)23-12-15(17)18;/h5-7,10,15H,3-4,8-9,11-12H2,1-2H3,(H2,19,20,21);1H. The Bertz CT molecular complexity index is 476. The summed E-state index contributed by atoms with van der Waals surface area (Å²) in [7, 11) is 0. The van der Waals surface area contributed by atoms with E-state index in [0.717, 1.165) is 12.1 Å². The molecule has 0 saturated carbocycles. The molecule has 24 heavy (non-hydrogen) atoms. The van der Waals surface area contributed by atoms with Crippen molar-refractivity contribution in [3.8, 4) is 5.75 Å². The van der Waals surface area contributed by atoms with Crippen LogP contribution in [0.5, 0.6) is 5.75 Å². The van der Waals surface area contributed by atoms with Crippen LogP contribution in [-0.2, 0) is 11.3 Å². The van der Waals surface area contributed by atoms with E-state index in [9.17, 15) is 8.78 Å². The zero-order chi connectivity index (χ0) is 16.9. The van der Waals surface area contributed by atoms with Gasteiger partial charge >= 0.3 is 0 Å². The maximum Gasteiger partial charge on any atom is 0.272 e. The molecule has 1 rings (SSSR count). The van der Waals surface area contributed by atoms with Crippen LogP contribution in [-0.4, -0.2) is 45.3 Å². The highest BCUT2D eigenvalue weighted by molar-refractivity contribution is 14.0. The van der Waals surface area contributed by atoms with Crippen molar-refractivity contribution in [3.63, 3.8) is 0 Å². The van der Waals surface area contributed by atoms with Crippen LogP contribution in [0.25, 0.3) is 0 Å². The van der Waals surface area contributed by atoms with Gasteiger partial charge in [0.05, 0.1) is 13.2 Å². The van der Waals surface area contributed by atoms with Gasteiger partial charge in [-0.25, -0.2) is 13.8 Å². The van der Waals surface area contributed by atoms with Crippen molar-refractivity contribution in [3.05, 3.63) is 29.8 Å². The van der Waals surface area contributed by atoms with Gasteiger partial charge in [-0.05, 0) is 31.5 Å². The maximum atomic E-state index is 12.2. The Kier molecular flexibility index (Phi) is 13.5. The third kappa shape index (κ3) is 10.6. The fraction of sp³-hybridized carbons (Fsp3) is 0.562. The van der Waals surface area contributed by atoms with Gasteiger partial charge in [-0.3, -0.25) is 0 Å². The van der Waals surface area contributed by atoms with Gasteiger partial charge in [0.2, 0.25) is 0 Å². The Labute approximate surface area is 159 Å². The number of hydrogen-bond donors (Lipinski definition) is 2. The number of ether oxygens (including phenoxy) is 2. The van der Waals surface area contributed by atoms with Crippen LogP contribution in [0.3, 0.4) is 0 Å². The lowest BCUT2D eigenvalue weighted by Crippen LogP contribution is -2.39. The number of nitrogens with one attached hydrogen (secondary N) is 2. The molecule has 1 aromatic carbocycles. The smallest absolute Gasteiger partial charge is 0.272 e. The molecule has 0 amide bonds. The number of benzene rings is 1. The number of nitrogens with zero attached hydrogens (tertiary/aromatic N) is 1. The Morgan fingerprint density at radius 3 is 2.71 bits per heavy atom. The lowest BCUT2D eigenvalue weighted by atomic mass is 10.2. The molecule has 0 fully saturated rings. The van der Waals surface area contributed by atoms with Gasteiger partial charge in [0.15, 0.2) is 5.96 Å². The average Bonchev–Trinajstić information content (AvgIpc) is 2.55. The zero-order valence-electron chi connectivity index (χ0n) is 14.1. The van der Waals surface area contributed by atoms with E-state index in [1.165, 1.54) is 0 Å². The molecule has 0 aliphatic rings. The molecular formula is C16H26F2IN3O2. The number of halogens is 3. The lowest BCUT2D eigenvalue weighted by Gasteiger charge is -2.11. The summed E-state index contributed by atoms with van der Waals surface area (Å²) in [6.45, 7) is 6.46. The molecule has 1 aromatic rings. The van der Waals surface area contributed by atoms with E-state index < -0.39 is 13.0 Å². The van der Waals surface area contributed by atoms with Crippen molar-refractivity contribution in [1.29, 1.82) is 0 Å². The Morgan fingerprint density at radius 2 is 2.04 bits per heavy atom. The minimum Gasteiger partial charge on any atom is -0.488 e. The van der Waals surface area contributed by atoms with Gasteiger partial charge in [0.25, 0.3) is 6.43 Å². The van der Waals surface area contributed by atoms with Crippen molar-refractivity contribution < 1.29 is 18.3 Å².